The zero-order valence-corrected chi connectivity index (χ0v) is 19.4. The Bertz CT molecular complexity index is 958. The van der Waals surface area contributed by atoms with Gasteiger partial charge in [0.05, 0.1) is 4.48 Å². The van der Waals surface area contributed by atoms with Gasteiger partial charge < -0.3 is 4.90 Å². The molecule has 1 amide bonds. The summed E-state index contributed by atoms with van der Waals surface area (Å²) in [4.78, 5) is 16.7. The molecule has 3 nitrogen and oxygen atoms in total. The molecule has 2 heterocycles. The molecular formula is C25H28BrFN2O. The zero-order valence-electron chi connectivity index (χ0n) is 17.8. The first-order valence-electron chi connectivity index (χ1n) is 10.1. The van der Waals surface area contributed by atoms with E-state index in [0.717, 1.165) is 35.5 Å². The Labute approximate surface area is 187 Å². The van der Waals surface area contributed by atoms with Crippen LogP contribution in [0.25, 0.3) is 11.3 Å². The molecule has 0 spiro atoms. The maximum Gasteiger partial charge on any atom is 0.269 e. The largest absolute Gasteiger partial charge is 0.372 e. The highest BCUT2D eigenvalue weighted by molar-refractivity contribution is 9.12. The van der Waals surface area contributed by atoms with Crippen molar-refractivity contribution in [2.75, 3.05) is 13.1 Å². The number of allylic oxidation sites excluding steroid dienone is 4. The molecule has 0 aromatic heterocycles. The molecule has 0 saturated carbocycles. The third-order valence-electron chi connectivity index (χ3n) is 5.74. The van der Waals surface area contributed by atoms with Crippen LogP contribution in [-0.4, -0.2) is 34.5 Å². The SMILES string of the molecule is C=C(c1ccc(C2=CC=CN(C(=O)/C(Br)=C(\C)C(C)(C)F)C2=C)cc1)N1CCCC1. The van der Waals surface area contributed by atoms with E-state index < -0.39 is 5.67 Å². The monoisotopic (exact) mass is 470 g/mol. The predicted octanol–water partition coefficient (Wildman–Crippen LogP) is 6.42. The first kappa shape index (κ1) is 22.3. The van der Waals surface area contributed by atoms with Crippen LogP contribution in [0.3, 0.4) is 0 Å². The van der Waals surface area contributed by atoms with Gasteiger partial charge in [-0.15, -0.1) is 0 Å². The standard InChI is InChI=1S/C25H28BrFN2O/c1-17(25(4,5)27)23(26)24(30)29-16-8-9-22(19(29)3)21-12-10-20(11-13-21)18(2)28-14-6-7-15-28/h8-13,16H,2-3,6-7,14-15H2,1,4-5H3/b23-17-. The van der Waals surface area contributed by atoms with Crippen LogP contribution in [0.1, 0.15) is 44.7 Å². The van der Waals surface area contributed by atoms with Crippen LogP contribution >= 0.6 is 15.9 Å². The van der Waals surface area contributed by atoms with Crippen molar-refractivity contribution in [1.29, 1.82) is 0 Å². The van der Waals surface area contributed by atoms with E-state index in [1.807, 2.05) is 18.2 Å². The van der Waals surface area contributed by atoms with Crippen LogP contribution in [0.15, 0.2) is 71.5 Å². The Morgan fingerprint density at radius 2 is 1.77 bits per heavy atom. The third-order valence-corrected chi connectivity index (χ3v) is 6.68. The number of hydrogen-bond donors (Lipinski definition) is 0. The zero-order chi connectivity index (χ0) is 22.1. The van der Waals surface area contributed by atoms with Gasteiger partial charge >= 0.3 is 0 Å². The lowest BCUT2D eigenvalue weighted by molar-refractivity contribution is -0.122. The second kappa shape index (κ2) is 8.76. The molecule has 30 heavy (non-hydrogen) atoms. The average molecular weight is 471 g/mol. The summed E-state index contributed by atoms with van der Waals surface area (Å²) in [5, 5.41) is 0. The summed E-state index contributed by atoms with van der Waals surface area (Å²) in [7, 11) is 0. The van der Waals surface area contributed by atoms with Crippen molar-refractivity contribution >= 4 is 33.1 Å². The van der Waals surface area contributed by atoms with Crippen molar-refractivity contribution < 1.29 is 9.18 Å². The molecule has 5 heteroatoms. The van der Waals surface area contributed by atoms with Crippen LogP contribution in [0.2, 0.25) is 0 Å². The number of hydrogen-bond acceptors (Lipinski definition) is 2. The molecule has 0 N–H and O–H groups in total. The Kier molecular flexibility index (Phi) is 6.51. The first-order chi connectivity index (χ1) is 14.1. The van der Waals surface area contributed by atoms with Gasteiger partial charge in [-0.2, -0.15) is 0 Å². The fourth-order valence-electron chi connectivity index (χ4n) is 3.53. The molecule has 158 valence electrons. The minimum Gasteiger partial charge on any atom is -0.372 e. The molecule has 0 radical (unpaired) electrons. The van der Waals surface area contributed by atoms with Gasteiger partial charge in [0.25, 0.3) is 5.91 Å². The van der Waals surface area contributed by atoms with E-state index in [-0.39, 0.29) is 10.4 Å². The van der Waals surface area contributed by atoms with E-state index in [4.69, 9.17) is 0 Å². The lowest BCUT2D eigenvalue weighted by Gasteiger charge is -2.27. The van der Waals surface area contributed by atoms with E-state index in [2.05, 4.69) is 46.1 Å². The number of amides is 1. The van der Waals surface area contributed by atoms with Crippen molar-refractivity contribution in [2.45, 2.75) is 39.3 Å². The van der Waals surface area contributed by atoms with Gasteiger partial charge in [-0.25, -0.2) is 4.39 Å². The highest BCUT2D eigenvalue weighted by atomic mass is 79.9. The Morgan fingerprint density at radius 3 is 2.33 bits per heavy atom. The summed E-state index contributed by atoms with van der Waals surface area (Å²) >= 11 is 3.28. The lowest BCUT2D eigenvalue weighted by Crippen LogP contribution is -2.29. The van der Waals surface area contributed by atoms with Gasteiger partial charge in [0, 0.05) is 36.3 Å². The van der Waals surface area contributed by atoms with Crippen LogP contribution in [0.4, 0.5) is 4.39 Å². The van der Waals surface area contributed by atoms with Crippen LogP contribution < -0.4 is 0 Å². The Morgan fingerprint density at radius 1 is 1.17 bits per heavy atom. The lowest BCUT2D eigenvalue weighted by atomic mass is 9.97. The van der Waals surface area contributed by atoms with Crippen LogP contribution in [-0.2, 0) is 4.79 Å². The molecule has 1 aromatic rings. The number of rotatable bonds is 5. The summed E-state index contributed by atoms with van der Waals surface area (Å²) in [5.41, 5.74) is 3.25. The fraction of sp³-hybridized carbons (Fsp3) is 0.320. The van der Waals surface area contributed by atoms with Crippen LogP contribution in [0.5, 0.6) is 0 Å². The molecule has 2 aliphatic rings. The van der Waals surface area contributed by atoms with Gasteiger partial charge in [-0.1, -0.05) is 43.5 Å². The minimum absolute atomic E-state index is 0.208. The number of likely N-dealkylation sites (tertiary alicyclic amines) is 1. The fourth-order valence-corrected chi connectivity index (χ4v) is 4.20. The van der Waals surface area contributed by atoms with Crippen LogP contribution in [0, 0.1) is 0 Å². The maximum atomic E-state index is 14.3. The number of benzene rings is 1. The van der Waals surface area contributed by atoms with Gasteiger partial charge in [-0.3, -0.25) is 9.69 Å². The summed E-state index contributed by atoms with van der Waals surface area (Å²) in [6.07, 6.45) is 7.80. The quantitative estimate of drug-likeness (QED) is 0.463. The average Bonchev–Trinajstić information content (AvgIpc) is 3.26. The number of nitrogens with zero attached hydrogens (tertiary/aromatic N) is 2. The summed E-state index contributed by atoms with van der Waals surface area (Å²) in [6, 6.07) is 8.16. The van der Waals surface area contributed by atoms with Gasteiger partial charge in [0.15, 0.2) is 0 Å². The van der Waals surface area contributed by atoms with E-state index >= 15 is 0 Å². The van der Waals surface area contributed by atoms with E-state index in [1.54, 1.807) is 19.2 Å². The van der Waals surface area contributed by atoms with E-state index in [9.17, 15) is 9.18 Å². The molecule has 0 aliphatic carbocycles. The number of halogens is 2. The smallest absolute Gasteiger partial charge is 0.269 e. The van der Waals surface area contributed by atoms with Crippen molar-refractivity contribution in [3.05, 3.63) is 82.7 Å². The molecular weight excluding hydrogens is 443 g/mol. The Balaban J connectivity index is 1.80. The second-order valence-corrected chi connectivity index (χ2v) is 8.97. The van der Waals surface area contributed by atoms with Crippen molar-refractivity contribution in [3.63, 3.8) is 0 Å². The topological polar surface area (TPSA) is 23.6 Å². The molecule has 1 saturated heterocycles. The van der Waals surface area contributed by atoms with E-state index in [0.29, 0.717) is 11.3 Å². The van der Waals surface area contributed by atoms with E-state index in [1.165, 1.54) is 31.6 Å². The number of alkyl halides is 1. The molecule has 3 rings (SSSR count). The first-order valence-corrected chi connectivity index (χ1v) is 10.9. The normalized spacial score (nSPS) is 17.8. The molecule has 1 aromatic carbocycles. The molecule has 1 fully saturated rings. The minimum atomic E-state index is -1.60. The van der Waals surface area contributed by atoms with Crippen molar-refractivity contribution in [1.82, 2.24) is 9.80 Å². The van der Waals surface area contributed by atoms with Gasteiger partial charge in [-0.05, 0) is 72.3 Å². The summed E-state index contributed by atoms with van der Waals surface area (Å²) < 4.78 is 14.5. The summed E-state index contributed by atoms with van der Waals surface area (Å²) in [5.74, 6) is -0.343. The highest BCUT2D eigenvalue weighted by Crippen LogP contribution is 2.34. The predicted molar refractivity (Wildman–Crippen MR) is 126 cm³/mol. The van der Waals surface area contributed by atoms with Gasteiger partial charge in [0.2, 0.25) is 0 Å². The molecule has 0 unspecified atom stereocenters. The second-order valence-electron chi connectivity index (χ2n) is 8.17. The molecule has 2 aliphatic heterocycles. The number of carbonyl (C=O) groups excluding carboxylic acids is 1. The van der Waals surface area contributed by atoms with Crippen molar-refractivity contribution in [2.24, 2.45) is 0 Å². The number of carbonyl (C=O) groups is 1. The molecule has 0 bridgehead atoms. The Hall–Kier alpha value is -2.40. The van der Waals surface area contributed by atoms with Crippen molar-refractivity contribution in [3.8, 4) is 0 Å². The van der Waals surface area contributed by atoms with Gasteiger partial charge in [0.1, 0.15) is 5.67 Å². The maximum absolute atomic E-state index is 14.3. The summed E-state index contributed by atoms with van der Waals surface area (Å²) in [6.45, 7) is 15.0. The molecule has 0 atom stereocenters. The highest BCUT2D eigenvalue weighted by Gasteiger charge is 2.28. The third kappa shape index (κ3) is 4.51.